The monoisotopic (exact) mass is 233 g/mol. The molecule has 5 nitrogen and oxygen atoms in total. The molecular formula is C12H15N3O2. The number of piperidine rings is 1. The summed E-state index contributed by atoms with van der Waals surface area (Å²) in [5.41, 5.74) is 0.814. The van der Waals surface area contributed by atoms with Crippen molar-refractivity contribution >= 4 is 5.91 Å². The van der Waals surface area contributed by atoms with Crippen LogP contribution in [0.3, 0.4) is 0 Å². The van der Waals surface area contributed by atoms with Crippen LogP contribution in [0.1, 0.15) is 12.8 Å². The lowest BCUT2D eigenvalue weighted by atomic mass is 10.1. The molecule has 2 heterocycles. The van der Waals surface area contributed by atoms with Gasteiger partial charge in [-0.2, -0.15) is 5.10 Å². The maximum absolute atomic E-state index is 12.0. The lowest BCUT2D eigenvalue weighted by Gasteiger charge is -2.28. The van der Waals surface area contributed by atoms with Crippen LogP contribution in [0.25, 0.3) is 0 Å². The molecule has 1 aliphatic rings. The maximum atomic E-state index is 12.0. The van der Waals surface area contributed by atoms with E-state index < -0.39 is 0 Å². The summed E-state index contributed by atoms with van der Waals surface area (Å²) < 4.78 is 1.18. The number of amides is 1. The zero-order valence-electron chi connectivity index (χ0n) is 9.63. The summed E-state index contributed by atoms with van der Waals surface area (Å²) in [7, 11) is 0. The Morgan fingerprint density at radius 3 is 3.06 bits per heavy atom. The molecule has 0 aliphatic carbocycles. The molecule has 1 aromatic rings. The van der Waals surface area contributed by atoms with Gasteiger partial charge in [-0.15, -0.1) is 0 Å². The molecule has 0 N–H and O–H groups in total. The van der Waals surface area contributed by atoms with E-state index in [1.165, 1.54) is 16.9 Å². The molecule has 0 spiro atoms. The summed E-state index contributed by atoms with van der Waals surface area (Å²) in [5.74, 6) is -0.0772. The lowest BCUT2D eigenvalue weighted by Crippen LogP contribution is -2.40. The summed E-state index contributed by atoms with van der Waals surface area (Å²) in [6, 6.07) is 2.96. The normalized spacial score (nSPS) is 16.0. The Kier molecular flexibility index (Phi) is 3.37. The molecule has 0 atom stereocenters. The summed E-state index contributed by atoms with van der Waals surface area (Å²) in [5, 5.41) is 3.87. The Morgan fingerprint density at radius 1 is 1.53 bits per heavy atom. The first-order valence-electron chi connectivity index (χ1n) is 5.63. The van der Waals surface area contributed by atoms with Crippen LogP contribution in [0, 0.1) is 0 Å². The number of hydrogen-bond donors (Lipinski definition) is 0. The molecule has 0 radical (unpaired) electrons. The maximum Gasteiger partial charge on any atom is 0.267 e. The average molecular weight is 233 g/mol. The summed E-state index contributed by atoms with van der Waals surface area (Å²) >= 11 is 0. The van der Waals surface area contributed by atoms with Crippen molar-refractivity contribution < 1.29 is 4.79 Å². The van der Waals surface area contributed by atoms with Gasteiger partial charge in [0.1, 0.15) is 6.54 Å². The van der Waals surface area contributed by atoms with Crippen LogP contribution >= 0.6 is 0 Å². The van der Waals surface area contributed by atoms with Crippen molar-refractivity contribution in [1.29, 1.82) is 0 Å². The van der Waals surface area contributed by atoms with E-state index in [2.05, 4.69) is 11.7 Å². The van der Waals surface area contributed by atoms with Crippen LogP contribution in [0.5, 0.6) is 0 Å². The summed E-state index contributed by atoms with van der Waals surface area (Å²) in [6.07, 6.45) is 3.43. The molecule has 1 amide bonds. The molecule has 0 saturated carbocycles. The number of rotatable bonds is 2. The van der Waals surface area contributed by atoms with Crippen LogP contribution in [0.4, 0.5) is 0 Å². The second kappa shape index (κ2) is 4.95. The number of carbonyl (C=O) groups is 1. The van der Waals surface area contributed by atoms with Gasteiger partial charge in [0, 0.05) is 25.4 Å². The molecule has 0 bridgehead atoms. The number of likely N-dealkylation sites (tertiary alicyclic amines) is 1. The Balaban J connectivity index is 2.04. The molecule has 0 aromatic carbocycles. The minimum Gasteiger partial charge on any atom is -0.337 e. The highest BCUT2D eigenvalue weighted by Gasteiger charge is 2.19. The van der Waals surface area contributed by atoms with Crippen molar-refractivity contribution in [2.75, 3.05) is 13.1 Å². The lowest BCUT2D eigenvalue weighted by molar-refractivity contribution is -0.132. The fraction of sp³-hybridized carbons (Fsp3) is 0.417. The molecule has 17 heavy (non-hydrogen) atoms. The van der Waals surface area contributed by atoms with E-state index in [0.717, 1.165) is 25.0 Å². The van der Waals surface area contributed by atoms with Crippen molar-refractivity contribution in [3.05, 3.63) is 40.8 Å². The van der Waals surface area contributed by atoms with Gasteiger partial charge in [0.15, 0.2) is 0 Å². The molecule has 5 heteroatoms. The van der Waals surface area contributed by atoms with E-state index in [1.54, 1.807) is 11.0 Å². The fourth-order valence-electron chi connectivity index (χ4n) is 1.89. The van der Waals surface area contributed by atoms with Gasteiger partial charge in [0.25, 0.3) is 5.56 Å². The highest BCUT2D eigenvalue weighted by atomic mass is 16.2. The summed E-state index contributed by atoms with van der Waals surface area (Å²) in [6.45, 7) is 5.23. The highest BCUT2D eigenvalue weighted by molar-refractivity contribution is 5.76. The standard InChI is InChI=1S/C12H15N3O2/c1-10-4-3-7-14(8-10)12(17)9-15-11(16)5-2-6-13-15/h2,5-6H,1,3-4,7-9H2. The highest BCUT2D eigenvalue weighted by Crippen LogP contribution is 2.13. The second-order valence-electron chi connectivity index (χ2n) is 4.19. The van der Waals surface area contributed by atoms with Gasteiger partial charge < -0.3 is 4.90 Å². The fourth-order valence-corrected chi connectivity index (χ4v) is 1.89. The Hall–Kier alpha value is -1.91. The third-order valence-corrected chi connectivity index (χ3v) is 2.80. The summed E-state index contributed by atoms with van der Waals surface area (Å²) in [4.78, 5) is 25.1. The molecule has 1 fully saturated rings. The van der Waals surface area contributed by atoms with Gasteiger partial charge in [0.2, 0.25) is 5.91 Å². The minimum atomic E-state index is -0.253. The molecular weight excluding hydrogens is 218 g/mol. The van der Waals surface area contributed by atoms with Crippen LogP contribution in [0.15, 0.2) is 35.3 Å². The molecule has 1 aromatic heterocycles. The molecule has 0 unspecified atom stereocenters. The quantitative estimate of drug-likeness (QED) is 0.696. The molecule has 2 rings (SSSR count). The van der Waals surface area contributed by atoms with E-state index in [9.17, 15) is 9.59 Å². The van der Waals surface area contributed by atoms with Crippen LogP contribution in [0.2, 0.25) is 0 Å². The molecule has 90 valence electrons. The smallest absolute Gasteiger partial charge is 0.267 e. The average Bonchev–Trinajstić information content (AvgIpc) is 2.32. The zero-order chi connectivity index (χ0) is 12.3. The van der Waals surface area contributed by atoms with Gasteiger partial charge in [-0.25, -0.2) is 4.68 Å². The van der Waals surface area contributed by atoms with Gasteiger partial charge in [-0.3, -0.25) is 9.59 Å². The topological polar surface area (TPSA) is 55.2 Å². The first kappa shape index (κ1) is 11.6. The molecule has 1 aliphatic heterocycles. The Bertz CT molecular complexity index is 493. The first-order valence-corrected chi connectivity index (χ1v) is 5.63. The number of carbonyl (C=O) groups excluding carboxylic acids is 1. The largest absolute Gasteiger partial charge is 0.337 e. The van der Waals surface area contributed by atoms with E-state index in [0.29, 0.717) is 6.54 Å². The number of aromatic nitrogens is 2. The van der Waals surface area contributed by atoms with Crippen molar-refractivity contribution in [3.63, 3.8) is 0 Å². The van der Waals surface area contributed by atoms with E-state index in [4.69, 9.17) is 0 Å². The van der Waals surface area contributed by atoms with Crippen LogP contribution < -0.4 is 5.56 Å². The van der Waals surface area contributed by atoms with E-state index in [1.807, 2.05) is 0 Å². The third-order valence-electron chi connectivity index (χ3n) is 2.80. The van der Waals surface area contributed by atoms with E-state index in [-0.39, 0.29) is 18.0 Å². The minimum absolute atomic E-state index is 0.00690. The zero-order valence-corrected chi connectivity index (χ0v) is 9.63. The number of hydrogen-bond acceptors (Lipinski definition) is 3. The third kappa shape index (κ3) is 2.81. The Morgan fingerprint density at radius 2 is 2.35 bits per heavy atom. The second-order valence-corrected chi connectivity index (χ2v) is 4.19. The predicted molar refractivity (Wildman–Crippen MR) is 63.5 cm³/mol. The predicted octanol–water partition coefficient (Wildman–Crippen LogP) is 0.422. The Labute approximate surface area is 99.4 Å². The number of nitrogens with zero attached hydrogens (tertiary/aromatic N) is 3. The van der Waals surface area contributed by atoms with Gasteiger partial charge in [0.05, 0.1) is 0 Å². The molecule has 1 saturated heterocycles. The van der Waals surface area contributed by atoms with Crippen LogP contribution in [-0.2, 0) is 11.3 Å². The van der Waals surface area contributed by atoms with Crippen molar-refractivity contribution in [2.24, 2.45) is 0 Å². The van der Waals surface area contributed by atoms with Crippen LogP contribution in [-0.4, -0.2) is 33.7 Å². The SMILES string of the molecule is C=C1CCCN(C(=O)Cn2ncccc2=O)C1. The van der Waals surface area contributed by atoms with Gasteiger partial charge in [-0.1, -0.05) is 12.2 Å². The first-order chi connectivity index (χ1) is 8.16. The van der Waals surface area contributed by atoms with Crippen molar-refractivity contribution in [2.45, 2.75) is 19.4 Å². The van der Waals surface area contributed by atoms with Crippen molar-refractivity contribution in [1.82, 2.24) is 14.7 Å². The van der Waals surface area contributed by atoms with E-state index >= 15 is 0 Å². The van der Waals surface area contributed by atoms with Gasteiger partial charge in [-0.05, 0) is 18.9 Å². The van der Waals surface area contributed by atoms with Gasteiger partial charge >= 0.3 is 0 Å². The van der Waals surface area contributed by atoms with Crippen molar-refractivity contribution in [3.8, 4) is 0 Å².